The summed E-state index contributed by atoms with van der Waals surface area (Å²) in [5.41, 5.74) is 13.8. The lowest BCUT2D eigenvalue weighted by molar-refractivity contribution is 0.660. The molecule has 0 unspecified atom stereocenters. The normalized spacial score (nSPS) is 13.2. The van der Waals surface area contributed by atoms with Gasteiger partial charge in [0.25, 0.3) is 0 Å². The van der Waals surface area contributed by atoms with E-state index in [1.807, 2.05) is 11.3 Å². The maximum atomic E-state index is 2.40. The van der Waals surface area contributed by atoms with E-state index in [0.717, 1.165) is 11.4 Å². The van der Waals surface area contributed by atoms with Gasteiger partial charge in [-0.25, -0.2) is 0 Å². The fourth-order valence-electron chi connectivity index (χ4n) is 7.36. The lowest BCUT2D eigenvalue weighted by Gasteiger charge is -2.28. The van der Waals surface area contributed by atoms with Gasteiger partial charge in [0.1, 0.15) is 0 Å². The van der Waals surface area contributed by atoms with Crippen molar-refractivity contribution < 1.29 is 0 Å². The van der Waals surface area contributed by atoms with E-state index in [9.17, 15) is 0 Å². The second-order valence-corrected chi connectivity index (χ2v) is 13.7. The monoisotopic (exact) mass is 608 g/mol. The lowest BCUT2D eigenvalue weighted by Crippen LogP contribution is -2.16. The van der Waals surface area contributed by atoms with Crippen molar-refractivity contribution >= 4 is 49.5 Å². The van der Waals surface area contributed by atoms with Gasteiger partial charge in [-0.05, 0) is 88.5 Å². The molecule has 46 heavy (non-hydrogen) atoms. The highest BCUT2D eigenvalue weighted by molar-refractivity contribution is 7.23. The molecular weight excluding hydrogens is 577 g/mol. The quantitative estimate of drug-likeness (QED) is 0.189. The number of hydrogen-bond acceptors (Lipinski definition) is 2. The molecule has 1 aliphatic carbocycles. The summed E-state index contributed by atoms with van der Waals surface area (Å²) in [6, 6.07) is 57.4. The van der Waals surface area contributed by atoms with Gasteiger partial charge in [-0.15, -0.1) is 11.3 Å². The first-order chi connectivity index (χ1) is 22.6. The van der Waals surface area contributed by atoms with Crippen LogP contribution in [-0.2, 0) is 5.41 Å². The smallest absolute Gasteiger partial charge is 0.0655 e. The summed E-state index contributed by atoms with van der Waals surface area (Å²) in [6.07, 6.45) is 0. The minimum absolute atomic E-state index is 0.0556. The maximum absolute atomic E-state index is 2.40. The number of para-hydroxylation sites is 3. The number of rotatable bonds is 5. The van der Waals surface area contributed by atoms with Gasteiger partial charge in [0, 0.05) is 38.4 Å². The third-order valence-electron chi connectivity index (χ3n) is 9.61. The topological polar surface area (TPSA) is 8.17 Å². The molecule has 6 aromatic carbocycles. The fourth-order valence-corrected chi connectivity index (χ4v) is 8.54. The molecule has 2 nitrogen and oxygen atoms in total. The van der Waals surface area contributed by atoms with Crippen LogP contribution in [0.4, 0.5) is 17.1 Å². The largest absolute Gasteiger partial charge is 0.310 e. The van der Waals surface area contributed by atoms with Gasteiger partial charge in [-0.3, -0.25) is 0 Å². The van der Waals surface area contributed by atoms with Gasteiger partial charge in [0.15, 0.2) is 0 Å². The van der Waals surface area contributed by atoms with Crippen molar-refractivity contribution in [2.75, 3.05) is 4.90 Å². The Morgan fingerprint density at radius 1 is 0.522 bits per heavy atom. The van der Waals surface area contributed by atoms with Crippen LogP contribution in [0.15, 0.2) is 158 Å². The SMILES string of the molecule is CC1(C)c2ccccc2-c2ccc(N(c3ccccc3)c3ccc(-c4cc5c(s4)c4ccccc4n5-c4ccccc4)cc3)cc21. The number of nitrogens with zero attached hydrogens (tertiary/aromatic N) is 2. The molecule has 0 radical (unpaired) electrons. The second kappa shape index (κ2) is 10.3. The molecule has 8 aromatic rings. The van der Waals surface area contributed by atoms with Gasteiger partial charge in [0.05, 0.1) is 15.7 Å². The molecule has 0 N–H and O–H groups in total. The Morgan fingerprint density at radius 3 is 1.96 bits per heavy atom. The Morgan fingerprint density at radius 2 is 1.15 bits per heavy atom. The van der Waals surface area contributed by atoms with Crippen molar-refractivity contribution in [3.05, 3.63) is 169 Å². The van der Waals surface area contributed by atoms with E-state index in [-0.39, 0.29) is 5.41 Å². The van der Waals surface area contributed by atoms with Crippen LogP contribution in [0.2, 0.25) is 0 Å². The van der Waals surface area contributed by atoms with Gasteiger partial charge in [-0.1, -0.05) is 111 Å². The summed E-state index contributed by atoms with van der Waals surface area (Å²) in [4.78, 5) is 3.65. The highest BCUT2D eigenvalue weighted by Gasteiger charge is 2.35. The number of anilines is 3. The summed E-state index contributed by atoms with van der Waals surface area (Å²) in [5.74, 6) is 0. The molecular formula is C43H32N2S. The highest BCUT2D eigenvalue weighted by Crippen LogP contribution is 2.50. The summed E-state index contributed by atoms with van der Waals surface area (Å²) in [7, 11) is 0. The third-order valence-corrected chi connectivity index (χ3v) is 10.8. The lowest BCUT2D eigenvalue weighted by atomic mass is 9.82. The molecule has 0 atom stereocenters. The minimum Gasteiger partial charge on any atom is -0.310 e. The molecule has 0 saturated heterocycles. The number of thiophene rings is 1. The molecule has 3 heteroatoms. The molecule has 0 fully saturated rings. The van der Waals surface area contributed by atoms with Gasteiger partial charge in [0.2, 0.25) is 0 Å². The van der Waals surface area contributed by atoms with Crippen molar-refractivity contribution in [3.8, 4) is 27.3 Å². The third kappa shape index (κ3) is 4.09. The zero-order valence-electron chi connectivity index (χ0n) is 25.8. The zero-order valence-corrected chi connectivity index (χ0v) is 26.6. The van der Waals surface area contributed by atoms with E-state index in [4.69, 9.17) is 0 Å². The predicted octanol–water partition coefficient (Wildman–Crippen LogP) is 12.3. The Hall–Kier alpha value is -5.38. The van der Waals surface area contributed by atoms with Crippen molar-refractivity contribution in [2.45, 2.75) is 19.3 Å². The van der Waals surface area contributed by atoms with Crippen molar-refractivity contribution in [3.63, 3.8) is 0 Å². The van der Waals surface area contributed by atoms with Crippen LogP contribution >= 0.6 is 11.3 Å². The number of benzene rings is 6. The van der Waals surface area contributed by atoms with E-state index in [1.165, 1.54) is 65.2 Å². The molecule has 1 aliphatic rings. The van der Waals surface area contributed by atoms with Crippen LogP contribution in [0.25, 0.3) is 48.4 Å². The number of hydrogen-bond donors (Lipinski definition) is 0. The summed E-state index contributed by atoms with van der Waals surface area (Å²) in [6.45, 7) is 4.69. The first-order valence-corrected chi connectivity index (χ1v) is 16.7. The molecule has 2 aromatic heterocycles. The van der Waals surface area contributed by atoms with Gasteiger partial charge >= 0.3 is 0 Å². The van der Waals surface area contributed by atoms with Crippen LogP contribution in [0.1, 0.15) is 25.0 Å². The van der Waals surface area contributed by atoms with Crippen LogP contribution in [0, 0.1) is 0 Å². The maximum Gasteiger partial charge on any atom is 0.0655 e. The predicted molar refractivity (Wildman–Crippen MR) is 196 cm³/mol. The fraction of sp³-hybridized carbons (Fsp3) is 0.0698. The van der Waals surface area contributed by atoms with E-state index in [2.05, 4.69) is 181 Å². The number of aromatic nitrogens is 1. The molecule has 9 rings (SSSR count). The van der Waals surface area contributed by atoms with E-state index in [0.29, 0.717) is 0 Å². The Balaban J connectivity index is 1.14. The van der Waals surface area contributed by atoms with Crippen molar-refractivity contribution in [2.24, 2.45) is 0 Å². The molecule has 2 heterocycles. The van der Waals surface area contributed by atoms with E-state index in [1.54, 1.807) is 0 Å². The Bertz CT molecular complexity index is 2380. The van der Waals surface area contributed by atoms with E-state index < -0.39 is 0 Å². The van der Waals surface area contributed by atoms with Gasteiger partial charge < -0.3 is 9.47 Å². The Kier molecular flexibility index (Phi) is 6.06. The molecule has 0 saturated carbocycles. The molecule has 0 aliphatic heterocycles. The first-order valence-electron chi connectivity index (χ1n) is 15.9. The molecule has 0 amide bonds. The standard InChI is InChI=1S/C43H32N2S/c1-43(2)37-19-11-9-17-34(37)35-26-25-33(27-38(35)43)44(30-13-5-3-6-14-30)32-23-21-29(22-24-32)41-28-40-42(46-41)36-18-10-12-20-39(36)45(40)31-15-7-4-8-16-31/h3-28H,1-2H3. The molecule has 220 valence electrons. The summed E-state index contributed by atoms with van der Waals surface area (Å²) in [5, 5.41) is 1.30. The zero-order chi connectivity index (χ0) is 30.8. The minimum atomic E-state index is -0.0556. The molecule has 0 bridgehead atoms. The van der Waals surface area contributed by atoms with E-state index >= 15 is 0 Å². The second-order valence-electron chi connectivity index (χ2n) is 12.6. The van der Waals surface area contributed by atoms with Crippen LogP contribution < -0.4 is 4.90 Å². The Labute approximate surface area is 273 Å². The highest BCUT2D eigenvalue weighted by atomic mass is 32.1. The summed E-state index contributed by atoms with van der Waals surface area (Å²) < 4.78 is 3.72. The van der Waals surface area contributed by atoms with Crippen LogP contribution in [-0.4, -0.2) is 4.57 Å². The molecule has 0 spiro atoms. The van der Waals surface area contributed by atoms with Gasteiger partial charge in [-0.2, -0.15) is 0 Å². The first kappa shape index (κ1) is 27.0. The van der Waals surface area contributed by atoms with Crippen LogP contribution in [0.5, 0.6) is 0 Å². The average molecular weight is 609 g/mol. The van der Waals surface area contributed by atoms with Crippen molar-refractivity contribution in [1.29, 1.82) is 0 Å². The summed E-state index contributed by atoms with van der Waals surface area (Å²) >= 11 is 1.88. The van der Waals surface area contributed by atoms with Crippen LogP contribution in [0.3, 0.4) is 0 Å². The number of fused-ring (bicyclic) bond motifs is 6. The van der Waals surface area contributed by atoms with Crippen molar-refractivity contribution in [1.82, 2.24) is 4.57 Å². The average Bonchev–Trinajstić information content (AvgIpc) is 3.74.